The zero-order chi connectivity index (χ0) is 15.4. The highest BCUT2D eigenvalue weighted by atomic mass is 127. The smallest absolute Gasteiger partial charge is 0.191 e. The highest BCUT2D eigenvalue weighted by Gasteiger charge is 2.33. The summed E-state index contributed by atoms with van der Waals surface area (Å²) in [4.78, 5) is 9.35. The van der Waals surface area contributed by atoms with Gasteiger partial charge in [0.05, 0.1) is 5.52 Å². The first-order valence-electron chi connectivity index (χ1n) is 8.16. The maximum absolute atomic E-state index is 4.69. The number of aromatic nitrogens is 1. The number of fused-ring (bicyclic) bond motifs is 1. The molecule has 1 aromatic heterocycles. The summed E-state index contributed by atoms with van der Waals surface area (Å²) in [6.07, 6.45) is 2.11. The largest absolute Gasteiger partial charge is 0.357 e. The van der Waals surface area contributed by atoms with Gasteiger partial charge in [-0.3, -0.25) is 9.98 Å². The van der Waals surface area contributed by atoms with Gasteiger partial charge in [-0.2, -0.15) is 0 Å². The van der Waals surface area contributed by atoms with Crippen molar-refractivity contribution in [2.75, 3.05) is 13.1 Å². The lowest BCUT2D eigenvalue weighted by Gasteiger charge is -2.10. The lowest BCUT2D eigenvalue weighted by Crippen LogP contribution is -2.39. The molecule has 5 heteroatoms. The van der Waals surface area contributed by atoms with Gasteiger partial charge in [-0.15, -0.1) is 24.0 Å². The summed E-state index contributed by atoms with van der Waals surface area (Å²) in [6.45, 7) is 6.00. The Hall–Kier alpha value is -1.37. The maximum atomic E-state index is 4.69. The first kappa shape index (κ1) is 18.0. The molecule has 23 heavy (non-hydrogen) atoms. The lowest BCUT2D eigenvalue weighted by molar-refractivity contribution is 0.764. The molecular weight excluding hydrogens is 399 g/mol. The summed E-state index contributed by atoms with van der Waals surface area (Å²) >= 11 is 0. The number of hydrogen-bond donors (Lipinski definition) is 2. The van der Waals surface area contributed by atoms with E-state index in [-0.39, 0.29) is 24.0 Å². The molecule has 0 spiro atoms. The number of aliphatic imine (C=N–C) groups is 1. The quantitative estimate of drug-likeness (QED) is 0.440. The summed E-state index contributed by atoms with van der Waals surface area (Å²) in [5.41, 5.74) is 2.15. The Bertz CT molecular complexity index is 671. The van der Waals surface area contributed by atoms with E-state index in [1.165, 1.54) is 11.8 Å². The van der Waals surface area contributed by atoms with Crippen molar-refractivity contribution in [3.8, 4) is 0 Å². The van der Waals surface area contributed by atoms with E-state index in [0.29, 0.717) is 6.04 Å². The number of para-hydroxylation sites is 1. The van der Waals surface area contributed by atoms with Crippen LogP contribution in [0.3, 0.4) is 0 Å². The highest BCUT2D eigenvalue weighted by molar-refractivity contribution is 14.0. The summed E-state index contributed by atoms with van der Waals surface area (Å²) in [5.74, 6) is 1.70. The van der Waals surface area contributed by atoms with E-state index < -0.39 is 0 Å². The van der Waals surface area contributed by atoms with Gasteiger partial charge in [0.15, 0.2) is 5.96 Å². The standard InChI is InChI=1S/C18H24N4.HI/c1-3-19-18(22-17-12-13(17)2)20-11-10-15-9-8-14-6-4-5-7-16(14)21-15;/h4-9,13,17H,3,10-12H2,1-2H3,(H2,19,20,22);1H. The molecule has 4 nitrogen and oxygen atoms in total. The SMILES string of the molecule is CCNC(=NCCc1ccc2ccccc2n1)NC1CC1C.I. The molecule has 124 valence electrons. The van der Waals surface area contributed by atoms with Crippen LogP contribution in [0.2, 0.25) is 0 Å². The van der Waals surface area contributed by atoms with Gasteiger partial charge in [0.2, 0.25) is 0 Å². The number of nitrogens with zero attached hydrogens (tertiary/aromatic N) is 2. The van der Waals surface area contributed by atoms with Crippen LogP contribution in [0.25, 0.3) is 10.9 Å². The van der Waals surface area contributed by atoms with Gasteiger partial charge >= 0.3 is 0 Å². The fraction of sp³-hybridized carbons (Fsp3) is 0.444. The van der Waals surface area contributed by atoms with E-state index in [4.69, 9.17) is 4.98 Å². The molecule has 2 N–H and O–H groups in total. The second kappa shape index (κ2) is 8.47. The molecule has 1 aromatic carbocycles. The zero-order valence-electron chi connectivity index (χ0n) is 13.7. The van der Waals surface area contributed by atoms with Gasteiger partial charge in [-0.05, 0) is 31.4 Å². The fourth-order valence-corrected chi connectivity index (χ4v) is 2.55. The Morgan fingerprint density at radius 3 is 2.78 bits per heavy atom. The second-order valence-electron chi connectivity index (χ2n) is 5.97. The van der Waals surface area contributed by atoms with E-state index in [1.807, 2.05) is 12.1 Å². The summed E-state index contributed by atoms with van der Waals surface area (Å²) in [6, 6.07) is 13.0. The van der Waals surface area contributed by atoms with Crippen molar-refractivity contribution >= 4 is 40.8 Å². The zero-order valence-corrected chi connectivity index (χ0v) is 16.1. The van der Waals surface area contributed by atoms with Gasteiger partial charge in [-0.1, -0.05) is 31.2 Å². The maximum Gasteiger partial charge on any atom is 0.191 e. The molecule has 0 aliphatic heterocycles. The first-order valence-corrected chi connectivity index (χ1v) is 8.16. The number of pyridine rings is 1. The van der Waals surface area contributed by atoms with Crippen molar-refractivity contribution in [2.24, 2.45) is 10.9 Å². The van der Waals surface area contributed by atoms with E-state index in [1.54, 1.807) is 0 Å². The highest BCUT2D eigenvalue weighted by Crippen LogP contribution is 2.28. The van der Waals surface area contributed by atoms with Crippen LogP contribution in [0.5, 0.6) is 0 Å². The average Bonchev–Trinajstić information content (AvgIpc) is 3.22. The van der Waals surface area contributed by atoms with E-state index in [9.17, 15) is 0 Å². The molecule has 1 aliphatic rings. The second-order valence-corrected chi connectivity index (χ2v) is 5.97. The number of rotatable bonds is 5. The monoisotopic (exact) mass is 424 g/mol. The van der Waals surface area contributed by atoms with Crippen LogP contribution in [-0.2, 0) is 6.42 Å². The molecular formula is C18H25IN4. The van der Waals surface area contributed by atoms with E-state index in [2.05, 4.69) is 53.7 Å². The minimum absolute atomic E-state index is 0. The van der Waals surface area contributed by atoms with Gasteiger partial charge in [-0.25, -0.2) is 0 Å². The molecule has 1 aliphatic carbocycles. The Morgan fingerprint density at radius 2 is 2.04 bits per heavy atom. The van der Waals surface area contributed by atoms with Gasteiger partial charge in [0.25, 0.3) is 0 Å². The predicted octanol–water partition coefficient (Wildman–Crippen LogP) is 3.36. The van der Waals surface area contributed by atoms with Crippen molar-refractivity contribution < 1.29 is 0 Å². The molecule has 2 aromatic rings. The van der Waals surface area contributed by atoms with Gasteiger partial charge < -0.3 is 10.6 Å². The van der Waals surface area contributed by atoms with Crippen LogP contribution in [0.1, 0.15) is 26.0 Å². The number of nitrogens with one attached hydrogen (secondary N) is 2. The Labute approximate surface area is 155 Å². The van der Waals surface area contributed by atoms with Crippen molar-refractivity contribution in [1.29, 1.82) is 0 Å². The minimum atomic E-state index is 0. The molecule has 2 atom stereocenters. The fourth-order valence-electron chi connectivity index (χ4n) is 2.55. The van der Waals surface area contributed by atoms with Gasteiger partial charge in [0, 0.05) is 36.6 Å². The number of benzene rings is 1. The predicted molar refractivity (Wildman–Crippen MR) is 108 cm³/mol. The third kappa shape index (κ3) is 5.06. The van der Waals surface area contributed by atoms with Crippen molar-refractivity contribution in [1.82, 2.24) is 15.6 Å². The Kier molecular flexibility index (Phi) is 6.62. The molecule has 3 rings (SSSR count). The van der Waals surface area contributed by atoms with Crippen LogP contribution in [0.15, 0.2) is 41.4 Å². The third-order valence-corrected chi connectivity index (χ3v) is 4.07. The molecule has 1 heterocycles. The molecule has 0 bridgehead atoms. The normalized spacial score (nSPS) is 20.0. The van der Waals surface area contributed by atoms with Crippen LogP contribution in [-0.4, -0.2) is 30.1 Å². The third-order valence-electron chi connectivity index (χ3n) is 4.07. The minimum Gasteiger partial charge on any atom is -0.357 e. The first-order chi connectivity index (χ1) is 10.8. The van der Waals surface area contributed by atoms with Crippen LogP contribution >= 0.6 is 24.0 Å². The molecule has 1 fully saturated rings. The van der Waals surface area contributed by atoms with Crippen LogP contribution < -0.4 is 10.6 Å². The Morgan fingerprint density at radius 1 is 1.26 bits per heavy atom. The van der Waals surface area contributed by atoms with E-state index in [0.717, 1.165) is 42.6 Å². The number of halogens is 1. The number of guanidine groups is 1. The van der Waals surface area contributed by atoms with Crippen LogP contribution in [0, 0.1) is 5.92 Å². The van der Waals surface area contributed by atoms with Gasteiger partial charge in [0.1, 0.15) is 0 Å². The summed E-state index contributed by atoms with van der Waals surface area (Å²) in [5, 5.41) is 7.97. The van der Waals surface area contributed by atoms with Crippen molar-refractivity contribution in [3.05, 3.63) is 42.1 Å². The van der Waals surface area contributed by atoms with Crippen molar-refractivity contribution in [2.45, 2.75) is 32.7 Å². The Balaban J connectivity index is 0.00000192. The average molecular weight is 424 g/mol. The van der Waals surface area contributed by atoms with Crippen molar-refractivity contribution in [3.63, 3.8) is 0 Å². The molecule has 2 unspecified atom stereocenters. The van der Waals surface area contributed by atoms with Crippen LogP contribution in [0.4, 0.5) is 0 Å². The molecule has 0 amide bonds. The summed E-state index contributed by atoms with van der Waals surface area (Å²) in [7, 11) is 0. The molecule has 0 saturated heterocycles. The number of hydrogen-bond acceptors (Lipinski definition) is 2. The topological polar surface area (TPSA) is 49.3 Å². The van der Waals surface area contributed by atoms with E-state index >= 15 is 0 Å². The lowest BCUT2D eigenvalue weighted by atomic mass is 10.2. The molecule has 0 radical (unpaired) electrons. The summed E-state index contributed by atoms with van der Waals surface area (Å²) < 4.78 is 0. The molecule has 1 saturated carbocycles.